The molecule has 0 saturated heterocycles. The minimum Gasteiger partial charge on any atom is -0.483 e. The lowest BCUT2D eigenvalue weighted by atomic mass is 10.0. The van der Waals surface area contributed by atoms with Gasteiger partial charge in [0.05, 0.1) is 0 Å². The number of nitrogens with zero attached hydrogens (tertiary/aromatic N) is 1. The Kier molecular flexibility index (Phi) is 8.94. The van der Waals surface area contributed by atoms with Gasteiger partial charge in [0.1, 0.15) is 17.6 Å². The SMILES string of the molecule is Cc1ccc(C)c(OCC(=O)N(Cc2ccccc2F)C(Cc2ccccc2)C(=O)NC2CCCC2)c1. The Morgan fingerprint density at radius 3 is 2.43 bits per heavy atom. The molecule has 1 atom stereocenters. The second kappa shape index (κ2) is 12.5. The molecule has 2 amide bonds. The molecule has 1 unspecified atom stereocenters. The average Bonchev–Trinajstić information content (AvgIpc) is 3.41. The second-order valence-electron chi connectivity index (χ2n) is 9.87. The van der Waals surface area contributed by atoms with Crippen molar-refractivity contribution in [2.75, 3.05) is 6.61 Å². The minimum atomic E-state index is -0.808. The Balaban J connectivity index is 1.63. The molecule has 1 aliphatic rings. The average molecular weight is 503 g/mol. The monoisotopic (exact) mass is 502 g/mol. The zero-order chi connectivity index (χ0) is 26.2. The van der Waals surface area contributed by atoms with Crippen molar-refractivity contribution in [3.63, 3.8) is 0 Å². The van der Waals surface area contributed by atoms with Crippen LogP contribution in [0.3, 0.4) is 0 Å². The standard InChI is InChI=1S/C31H35FN2O3/c1-22-16-17-23(2)29(18-22)37-21-30(35)34(20-25-12-6-9-15-27(25)32)28(19-24-10-4-3-5-11-24)31(36)33-26-13-7-8-14-26/h3-6,9-12,15-18,26,28H,7-8,13-14,19-21H2,1-2H3,(H,33,36). The maximum Gasteiger partial charge on any atom is 0.261 e. The maximum absolute atomic E-state index is 14.7. The van der Waals surface area contributed by atoms with Gasteiger partial charge in [0.25, 0.3) is 5.91 Å². The lowest BCUT2D eigenvalue weighted by molar-refractivity contribution is -0.143. The molecule has 194 valence electrons. The van der Waals surface area contributed by atoms with Gasteiger partial charge in [-0.15, -0.1) is 0 Å². The molecule has 1 aliphatic carbocycles. The summed E-state index contributed by atoms with van der Waals surface area (Å²) in [6.07, 6.45) is 4.34. The molecule has 3 aromatic rings. The summed E-state index contributed by atoms with van der Waals surface area (Å²) >= 11 is 0. The Bertz CT molecular complexity index is 1210. The molecule has 0 bridgehead atoms. The third kappa shape index (κ3) is 7.19. The minimum absolute atomic E-state index is 0.0305. The fourth-order valence-electron chi connectivity index (χ4n) is 4.82. The molecule has 1 fully saturated rings. The van der Waals surface area contributed by atoms with Crippen molar-refractivity contribution < 1.29 is 18.7 Å². The van der Waals surface area contributed by atoms with Gasteiger partial charge in [-0.1, -0.05) is 73.5 Å². The van der Waals surface area contributed by atoms with Crippen molar-refractivity contribution in [3.8, 4) is 5.75 Å². The third-order valence-electron chi connectivity index (χ3n) is 6.97. The molecular weight excluding hydrogens is 467 g/mol. The van der Waals surface area contributed by atoms with Gasteiger partial charge < -0.3 is 15.0 Å². The summed E-state index contributed by atoms with van der Waals surface area (Å²) in [6.45, 7) is 3.60. The summed E-state index contributed by atoms with van der Waals surface area (Å²) in [5.74, 6) is -0.376. The molecule has 0 heterocycles. The molecule has 6 heteroatoms. The lowest BCUT2D eigenvalue weighted by Gasteiger charge is -2.32. The molecule has 3 aromatic carbocycles. The Morgan fingerprint density at radius 1 is 1.00 bits per heavy atom. The number of rotatable bonds is 10. The molecule has 1 saturated carbocycles. The zero-order valence-electron chi connectivity index (χ0n) is 21.6. The van der Waals surface area contributed by atoms with E-state index >= 15 is 0 Å². The van der Waals surface area contributed by atoms with Gasteiger partial charge in [-0.2, -0.15) is 0 Å². The number of benzene rings is 3. The number of nitrogens with one attached hydrogen (secondary N) is 1. The van der Waals surface area contributed by atoms with Crippen LogP contribution in [0.4, 0.5) is 4.39 Å². The summed E-state index contributed by atoms with van der Waals surface area (Å²) in [5, 5.41) is 3.16. The molecule has 0 aromatic heterocycles. The van der Waals surface area contributed by atoms with Gasteiger partial charge in [0.2, 0.25) is 5.91 Å². The van der Waals surface area contributed by atoms with Crippen LogP contribution in [-0.4, -0.2) is 35.4 Å². The maximum atomic E-state index is 14.7. The second-order valence-corrected chi connectivity index (χ2v) is 9.87. The van der Waals surface area contributed by atoms with E-state index < -0.39 is 11.9 Å². The number of halogens is 1. The fraction of sp³-hybridized carbons (Fsp3) is 0.355. The van der Waals surface area contributed by atoms with Crippen LogP contribution in [0.1, 0.15) is 47.9 Å². The molecule has 0 spiro atoms. The number of ether oxygens (including phenoxy) is 1. The predicted molar refractivity (Wildman–Crippen MR) is 143 cm³/mol. The van der Waals surface area contributed by atoms with Crippen molar-refractivity contribution in [1.82, 2.24) is 10.2 Å². The summed E-state index contributed by atoms with van der Waals surface area (Å²) < 4.78 is 20.6. The topological polar surface area (TPSA) is 58.6 Å². The number of hydrogen-bond donors (Lipinski definition) is 1. The van der Waals surface area contributed by atoms with E-state index in [9.17, 15) is 14.0 Å². The number of carbonyl (C=O) groups is 2. The van der Waals surface area contributed by atoms with E-state index in [2.05, 4.69) is 5.32 Å². The van der Waals surface area contributed by atoms with Gasteiger partial charge in [0.15, 0.2) is 6.61 Å². The van der Waals surface area contributed by atoms with Crippen LogP contribution in [0.5, 0.6) is 5.75 Å². The van der Waals surface area contributed by atoms with Gasteiger partial charge >= 0.3 is 0 Å². The molecule has 37 heavy (non-hydrogen) atoms. The van der Waals surface area contributed by atoms with Gasteiger partial charge in [-0.25, -0.2) is 4.39 Å². The van der Waals surface area contributed by atoms with Crippen LogP contribution >= 0.6 is 0 Å². The van der Waals surface area contributed by atoms with Crippen LogP contribution in [0, 0.1) is 19.7 Å². The Labute approximate surface area is 218 Å². The molecule has 5 nitrogen and oxygen atoms in total. The highest BCUT2D eigenvalue weighted by molar-refractivity contribution is 5.88. The quantitative estimate of drug-likeness (QED) is 0.397. The van der Waals surface area contributed by atoms with Crippen LogP contribution in [0.2, 0.25) is 0 Å². The molecular formula is C31H35FN2O3. The van der Waals surface area contributed by atoms with Crippen molar-refractivity contribution in [3.05, 3.63) is 101 Å². The van der Waals surface area contributed by atoms with Crippen molar-refractivity contribution in [2.24, 2.45) is 0 Å². The summed E-state index contributed by atoms with van der Waals surface area (Å²) in [7, 11) is 0. The smallest absolute Gasteiger partial charge is 0.261 e. The van der Waals surface area contributed by atoms with E-state index in [1.165, 1.54) is 11.0 Å². The molecule has 0 aliphatic heterocycles. The normalized spacial score (nSPS) is 14.2. The highest BCUT2D eigenvalue weighted by atomic mass is 19.1. The number of aryl methyl sites for hydroxylation is 2. The van der Waals surface area contributed by atoms with E-state index in [4.69, 9.17) is 4.74 Å². The lowest BCUT2D eigenvalue weighted by Crippen LogP contribution is -2.53. The predicted octanol–water partition coefficient (Wildman–Crippen LogP) is 5.52. The number of carbonyl (C=O) groups excluding carboxylic acids is 2. The highest BCUT2D eigenvalue weighted by Gasteiger charge is 2.33. The Morgan fingerprint density at radius 2 is 1.70 bits per heavy atom. The van der Waals surface area contributed by atoms with Gasteiger partial charge in [0, 0.05) is 24.6 Å². The largest absolute Gasteiger partial charge is 0.483 e. The van der Waals surface area contributed by atoms with E-state index in [0.29, 0.717) is 17.7 Å². The molecule has 0 radical (unpaired) electrons. The van der Waals surface area contributed by atoms with Crippen LogP contribution in [-0.2, 0) is 22.6 Å². The first-order chi connectivity index (χ1) is 17.9. The first-order valence-corrected chi connectivity index (χ1v) is 13.0. The number of amides is 2. The third-order valence-corrected chi connectivity index (χ3v) is 6.97. The Hall–Kier alpha value is -3.67. The van der Waals surface area contributed by atoms with Crippen LogP contribution in [0.25, 0.3) is 0 Å². The van der Waals surface area contributed by atoms with Crippen molar-refractivity contribution in [2.45, 2.75) is 64.6 Å². The molecule has 1 N–H and O–H groups in total. The zero-order valence-corrected chi connectivity index (χ0v) is 21.6. The first-order valence-electron chi connectivity index (χ1n) is 13.0. The van der Waals surface area contributed by atoms with E-state index in [-0.39, 0.29) is 31.0 Å². The van der Waals surface area contributed by atoms with Gasteiger partial charge in [-0.05, 0) is 55.5 Å². The summed E-state index contributed by atoms with van der Waals surface area (Å²) in [5.41, 5.74) is 3.22. The van der Waals surface area contributed by atoms with Crippen LogP contribution < -0.4 is 10.1 Å². The van der Waals surface area contributed by atoms with Crippen LogP contribution in [0.15, 0.2) is 72.8 Å². The number of hydrogen-bond acceptors (Lipinski definition) is 3. The summed E-state index contributed by atoms with van der Waals surface area (Å²) in [4.78, 5) is 28.8. The fourth-order valence-corrected chi connectivity index (χ4v) is 4.82. The summed E-state index contributed by atoms with van der Waals surface area (Å²) in [6, 6.07) is 21.1. The first kappa shape index (κ1) is 26.4. The van der Waals surface area contributed by atoms with Gasteiger partial charge in [-0.3, -0.25) is 9.59 Å². The van der Waals surface area contributed by atoms with E-state index in [0.717, 1.165) is 42.4 Å². The van der Waals surface area contributed by atoms with E-state index in [1.807, 2.05) is 62.4 Å². The van der Waals surface area contributed by atoms with Crippen molar-refractivity contribution in [1.29, 1.82) is 0 Å². The van der Waals surface area contributed by atoms with Crippen molar-refractivity contribution >= 4 is 11.8 Å². The highest BCUT2D eigenvalue weighted by Crippen LogP contribution is 2.22. The van der Waals surface area contributed by atoms with E-state index in [1.54, 1.807) is 18.2 Å². The molecule has 4 rings (SSSR count).